The Morgan fingerprint density at radius 3 is 2.82 bits per heavy atom. The van der Waals surface area contributed by atoms with Gasteiger partial charge in [0.1, 0.15) is 5.82 Å². The standard InChI is InChI=1S/C14H15N3/c15-14-12(7-3-9-17-14)11-6-1-4-10-5-2-8-16-13(10)11/h2-3,5,7-9,11H,1,4,6H2,(H2,15,17). The van der Waals surface area contributed by atoms with Crippen LogP contribution in [0.5, 0.6) is 0 Å². The van der Waals surface area contributed by atoms with Gasteiger partial charge in [0.2, 0.25) is 0 Å². The second-order valence-corrected chi connectivity index (χ2v) is 4.47. The summed E-state index contributed by atoms with van der Waals surface area (Å²) < 4.78 is 0. The van der Waals surface area contributed by atoms with Gasteiger partial charge in [0.15, 0.2) is 0 Å². The van der Waals surface area contributed by atoms with E-state index in [2.05, 4.69) is 22.1 Å². The molecule has 3 rings (SSSR count). The first-order chi connectivity index (χ1) is 8.36. The van der Waals surface area contributed by atoms with Crippen molar-refractivity contribution in [3.63, 3.8) is 0 Å². The zero-order valence-corrected chi connectivity index (χ0v) is 9.63. The number of nitrogens with zero attached hydrogens (tertiary/aromatic N) is 2. The molecule has 0 saturated carbocycles. The highest BCUT2D eigenvalue weighted by Gasteiger charge is 2.24. The Kier molecular flexibility index (Phi) is 2.52. The molecule has 0 bridgehead atoms. The summed E-state index contributed by atoms with van der Waals surface area (Å²) in [4.78, 5) is 8.71. The summed E-state index contributed by atoms with van der Waals surface area (Å²) in [6, 6.07) is 8.19. The highest BCUT2D eigenvalue weighted by atomic mass is 14.8. The van der Waals surface area contributed by atoms with Gasteiger partial charge < -0.3 is 5.73 Å². The molecule has 2 aromatic heterocycles. The van der Waals surface area contributed by atoms with Crippen LogP contribution in [0.1, 0.15) is 35.6 Å². The zero-order valence-electron chi connectivity index (χ0n) is 9.63. The molecule has 3 nitrogen and oxygen atoms in total. The molecule has 2 heterocycles. The Labute approximate surface area is 101 Å². The highest BCUT2D eigenvalue weighted by molar-refractivity contribution is 5.46. The molecule has 0 radical (unpaired) electrons. The number of anilines is 1. The van der Waals surface area contributed by atoms with Gasteiger partial charge in [-0.25, -0.2) is 4.98 Å². The molecular formula is C14H15N3. The summed E-state index contributed by atoms with van der Waals surface area (Å²) >= 11 is 0. The van der Waals surface area contributed by atoms with Crippen LogP contribution in [0.3, 0.4) is 0 Å². The van der Waals surface area contributed by atoms with E-state index in [1.165, 1.54) is 17.7 Å². The molecule has 0 aliphatic heterocycles. The van der Waals surface area contributed by atoms with Crippen LogP contribution in [-0.2, 0) is 6.42 Å². The van der Waals surface area contributed by atoms with Crippen molar-refractivity contribution in [2.24, 2.45) is 0 Å². The van der Waals surface area contributed by atoms with Crippen LogP contribution in [0.4, 0.5) is 5.82 Å². The van der Waals surface area contributed by atoms with Gasteiger partial charge in [-0.1, -0.05) is 12.1 Å². The van der Waals surface area contributed by atoms with E-state index in [0.717, 1.165) is 18.4 Å². The van der Waals surface area contributed by atoms with Crippen LogP contribution in [0.2, 0.25) is 0 Å². The van der Waals surface area contributed by atoms with Gasteiger partial charge >= 0.3 is 0 Å². The largest absolute Gasteiger partial charge is 0.383 e. The normalized spacial score (nSPS) is 18.7. The Bertz CT molecular complexity index is 536. The van der Waals surface area contributed by atoms with Gasteiger partial charge in [-0.3, -0.25) is 4.98 Å². The predicted octanol–water partition coefficient (Wildman–Crippen LogP) is 2.53. The average molecular weight is 225 g/mol. The molecule has 0 saturated heterocycles. The van der Waals surface area contributed by atoms with E-state index in [9.17, 15) is 0 Å². The monoisotopic (exact) mass is 225 g/mol. The summed E-state index contributed by atoms with van der Waals surface area (Å²) in [6.07, 6.45) is 7.03. The lowest BCUT2D eigenvalue weighted by Crippen LogP contribution is -2.14. The third-order valence-corrected chi connectivity index (χ3v) is 3.44. The van der Waals surface area contributed by atoms with Gasteiger partial charge in [-0.2, -0.15) is 0 Å². The Balaban J connectivity index is 2.09. The summed E-state index contributed by atoms with van der Waals surface area (Å²) in [5.74, 6) is 0.949. The van der Waals surface area contributed by atoms with Crippen LogP contribution >= 0.6 is 0 Å². The molecule has 0 amide bonds. The maximum atomic E-state index is 5.97. The number of nitrogens with two attached hydrogens (primary N) is 1. The lowest BCUT2D eigenvalue weighted by molar-refractivity contribution is 0.598. The quantitative estimate of drug-likeness (QED) is 0.811. The molecule has 3 heteroatoms. The van der Waals surface area contributed by atoms with E-state index in [0.29, 0.717) is 11.7 Å². The number of fused-ring (bicyclic) bond motifs is 1. The van der Waals surface area contributed by atoms with Crippen molar-refractivity contribution in [3.8, 4) is 0 Å². The number of rotatable bonds is 1. The molecule has 1 atom stereocenters. The Morgan fingerprint density at radius 2 is 1.94 bits per heavy atom. The fraction of sp³-hybridized carbons (Fsp3) is 0.286. The molecular weight excluding hydrogens is 210 g/mol. The lowest BCUT2D eigenvalue weighted by Gasteiger charge is -2.25. The number of aromatic nitrogens is 2. The third kappa shape index (κ3) is 1.78. The average Bonchev–Trinajstić information content (AvgIpc) is 2.39. The third-order valence-electron chi connectivity index (χ3n) is 3.44. The summed E-state index contributed by atoms with van der Waals surface area (Å²) in [5.41, 5.74) is 9.62. The van der Waals surface area contributed by atoms with Crippen LogP contribution in [0, 0.1) is 0 Å². The SMILES string of the molecule is Nc1ncccc1C1CCCc2cccnc21. The van der Waals surface area contributed by atoms with Gasteiger partial charge in [-0.05, 0) is 37.0 Å². The minimum absolute atomic E-state index is 0.314. The van der Waals surface area contributed by atoms with Crippen molar-refractivity contribution in [2.45, 2.75) is 25.2 Å². The molecule has 1 unspecified atom stereocenters. The number of nitrogen functional groups attached to an aromatic ring is 1. The van der Waals surface area contributed by atoms with Crippen molar-refractivity contribution < 1.29 is 0 Å². The van der Waals surface area contributed by atoms with E-state index in [-0.39, 0.29) is 0 Å². The topological polar surface area (TPSA) is 51.8 Å². The number of hydrogen-bond acceptors (Lipinski definition) is 3. The van der Waals surface area contributed by atoms with Crippen LogP contribution in [0.25, 0.3) is 0 Å². The van der Waals surface area contributed by atoms with Gasteiger partial charge in [0.05, 0.1) is 5.69 Å². The van der Waals surface area contributed by atoms with Crippen molar-refractivity contribution >= 4 is 5.82 Å². The van der Waals surface area contributed by atoms with Crippen LogP contribution in [0.15, 0.2) is 36.7 Å². The minimum atomic E-state index is 0.314. The van der Waals surface area contributed by atoms with Gasteiger partial charge in [0, 0.05) is 23.9 Å². The molecule has 17 heavy (non-hydrogen) atoms. The fourth-order valence-electron chi connectivity index (χ4n) is 2.64. The lowest BCUT2D eigenvalue weighted by atomic mass is 9.82. The first-order valence-electron chi connectivity index (χ1n) is 6.00. The smallest absolute Gasteiger partial charge is 0.127 e. The molecule has 2 aromatic rings. The summed E-state index contributed by atoms with van der Waals surface area (Å²) in [7, 11) is 0. The van der Waals surface area contributed by atoms with E-state index in [4.69, 9.17) is 5.73 Å². The minimum Gasteiger partial charge on any atom is -0.383 e. The number of hydrogen-bond donors (Lipinski definition) is 1. The van der Waals surface area contributed by atoms with E-state index >= 15 is 0 Å². The molecule has 0 spiro atoms. The second kappa shape index (κ2) is 4.17. The Morgan fingerprint density at radius 1 is 1.12 bits per heavy atom. The van der Waals surface area contributed by atoms with Crippen LogP contribution in [-0.4, -0.2) is 9.97 Å². The zero-order chi connectivity index (χ0) is 11.7. The molecule has 0 aromatic carbocycles. The molecule has 0 fully saturated rings. The fourth-order valence-corrected chi connectivity index (χ4v) is 2.64. The van der Waals surface area contributed by atoms with Crippen LogP contribution < -0.4 is 5.73 Å². The van der Waals surface area contributed by atoms with Crippen molar-refractivity contribution in [2.75, 3.05) is 5.73 Å². The Hall–Kier alpha value is -1.90. The molecule has 2 N–H and O–H groups in total. The maximum Gasteiger partial charge on any atom is 0.127 e. The highest BCUT2D eigenvalue weighted by Crippen LogP contribution is 2.36. The van der Waals surface area contributed by atoms with Gasteiger partial charge in [0.25, 0.3) is 0 Å². The van der Waals surface area contributed by atoms with E-state index in [1.807, 2.05) is 18.3 Å². The van der Waals surface area contributed by atoms with Gasteiger partial charge in [-0.15, -0.1) is 0 Å². The first kappa shape index (κ1) is 10.3. The number of pyridine rings is 2. The van der Waals surface area contributed by atoms with Crippen molar-refractivity contribution in [1.82, 2.24) is 9.97 Å². The number of aryl methyl sites for hydroxylation is 1. The van der Waals surface area contributed by atoms with Crippen molar-refractivity contribution in [3.05, 3.63) is 53.5 Å². The predicted molar refractivity (Wildman–Crippen MR) is 67.7 cm³/mol. The molecule has 86 valence electrons. The summed E-state index contributed by atoms with van der Waals surface area (Å²) in [6.45, 7) is 0. The summed E-state index contributed by atoms with van der Waals surface area (Å²) in [5, 5.41) is 0. The maximum absolute atomic E-state index is 5.97. The second-order valence-electron chi connectivity index (χ2n) is 4.47. The molecule has 1 aliphatic rings. The van der Waals surface area contributed by atoms with E-state index in [1.54, 1.807) is 6.20 Å². The molecule has 1 aliphatic carbocycles. The van der Waals surface area contributed by atoms with E-state index < -0.39 is 0 Å². The first-order valence-corrected chi connectivity index (χ1v) is 6.00. The van der Waals surface area contributed by atoms with Crippen molar-refractivity contribution in [1.29, 1.82) is 0 Å².